The molecule has 0 aromatic heterocycles. The summed E-state index contributed by atoms with van der Waals surface area (Å²) >= 11 is 0. The number of carbonyl (C=O) groups is 3. The lowest BCUT2D eigenvalue weighted by molar-refractivity contribution is -0.167. The van der Waals surface area contributed by atoms with Crippen LogP contribution >= 0.6 is 0 Å². The van der Waals surface area contributed by atoms with Gasteiger partial charge in [0.1, 0.15) is 13.2 Å². The zero-order chi connectivity index (χ0) is 54.3. The van der Waals surface area contributed by atoms with Crippen molar-refractivity contribution in [2.24, 2.45) is 0 Å². The van der Waals surface area contributed by atoms with Crippen LogP contribution in [0.4, 0.5) is 0 Å². The van der Waals surface area contributed by atoms with Gasteiger partial charge in [0.2, 0.25) is 0 Å². The Bertz CT molecular complexity index is 1750. The predicted octanol–water partition coefficient (Wildman–Crippen LogP) is 20.3. The van der Waals surface area contributed by atoms with E-state index in [1.165, 1.54) is 0 Å². The number of esters is 3. The summed E-state index contributed by atoms with van der Waals surface area (Å²) in [6.07, 6.45) is 90.6. The van der Waals surface area contributed by atoms with Gasteiger partial charge in [0, 0.05) is 19.3 Å². The molecule has 1 unspecified atom stereocenters. The first-order chi connectivity index (χ1) is 37.0. The lowest BCUT2D eigenvalue weighted by atomic mass is 10.1. The van der Waals surface area contributed by atoms with Crippen LogP contribution in [0.5, 0.6) is 0 Å². The molecule has 0 radical (unpaired) electrons. The molecule has 0 saturated carbocycles. The minimum absolute atomic E-state index is 0.118. The van der Waals surface area contributed by atoms with Crippen LogP contribution in [-0.2, 0) is 28.6 Å². The zero-order valence-electron chi connectivity index (χ0n) is 47.7. The van der Waals surface area contributed by atoms with Gasteiger partial charge in [-0.15, -0.1) is 0 Å². The van der Waals surface area contributed by atoms with E-state index in [1.807, 2.05) is 0 Å². The zero-order valence-corrected chi connectivity index (χ0v) is 47.7. The molecule has 0 N–H and O–H groups in total. The number of hydrogen-bond donors (Lipinski definition) is 0. The van der Waals surface area contributed by atoms with E-state index >= 15 is 0 Å². The van der Waals surface area contributed by atoms with Gasteiger partial charge >= 0.3 is 17.9 Å². The number of hydrogen-bond acceptors (Lipinski definition) is 6. The molecule has 0 bridgehead atoms. The smallest absolute Gasteiger partial charge is 0.306 e. The van der Waals surface area contributed by atoms with Gasteiger partial charge in [-0.25, -0.2) is 0 Å². The van der Waals surface area contributed by atoms with Crippen molar-refractivity contribution >= 4 is 17.9 Å². The SMILES string of the molecule is CC/C=C\C/C=C\C/C=C\C/C=C\C/C=C\C/C=C\C/C=C\CCCCCCCC(=O)OCC(COC(=O)CCCCCCC/C=C\C/C=C\C/C=C\CC)OC(=O)CCCC/C=C\C/C=C\C/C=C\C/C=C\CC. The molecule has 6 heteroatoms. The highest BCUT2D eigenvalue weighted by Crippen LogP contribution is 2.12. The van der Waals surface area contributed by atoms with Crippen molar-refractivity contribution in [1.29, 1.82) is 0 Å². The van der Waals surface area contributed by atoms with Crippen molar-refractivity contribution in [1.82, 2.24) is 0 Å². The van der Waals surface area contributed by atoms with Crippen LogP contribution in [0.3, 0.4) is 0 Å². The number of allylic oxidation sites excluding steroid dienone is 28. The first kappa shape index (κ1) is 69.8. The second kappa shape index (κ2) is 61.3. The summed E-state index contributed by atoms with van der Waals surface area (Å²) < 4.78 is 16.8. The fourth-order valence-corrected chi connectivity index (χ4v) is 7.37. The van der Waals surface area contributed by atoms with E-state index in [4.69, 9.17) is 14.2 Å². The van der Waals surface area contributed by atoms with Crippen LogP contribution in [-0.4, -0.2) is 37.2 Å². The van der Waals surface area contributed by atoms with Crippen molar-refractivity contribution in [2.45, 2.75) is 232 Å². The maximum atomic E-state index is 12.8. The minimum atomic E-state index is -0.825. The summed E-state index contributed by atoms with van der Waals surface area (Å²) in [5.74, 6) is -1.01. The van der Waals surface area contributed by atoms with Gasteiger partial charge < -0.3 is 14.2 Å². The fraction of sp³-hybridized carbons (Fsp3) is 0.551. The number of ether oxygens (including phenoxy) is 3. The highest BCUT2D eigenvalue weighted by atomic mass is 16.6. The Kier molecular flexibility index (Phi) is 57.0. The van der Waals surface area contributed by atoms with Crippen molar-refractivity contribution in [3.63, 3.8) is 0 Å². The Labute approximate surface area is 460 Å². The monoisotopic (exact) mass is 1030 g/mol. The van der Waals surface area contributed by atoms with E-state index in [0.717, 1.165) is 180 Å². The number of unbranched alkanes of at least 4 members (excludes halogenated alkanes) is 12. The van der Waals surface area contributed by atoms with Crippen LogP contribution in [0.1, 0.15) is 226 Å². The summed E-state index contributed by atoms with van der Waals surface area (Å²) in [7, 11) is 0. The third-order valence-electron chi connectivity index (χ3n) is 11.7. The molecule has 0 rings (SSSR count). The van der Waals surface area contributed by atoms with Crippen molar-refractivity contribution in [3.8, 4) is 0 Å². The van der Waals surface area contributed by atoms with Crippen LogP contribution in [0.15, 0.2) is 170 Å². The largest absolute Gasteiger partial charge is 0.462 e. The normalized spacial score (nSPS) is 13.4. The van der Waals surface area contributed by atoms with Gasteiger partial charge in [0.05, 0.1) is 0 Å². The predicted molar refractivity (Wildman–Crippen MR) is 325 cm³/mol. The molecule has 0 aliphatic rings. The third-order valence-corrected chi connectivity index (χ3v) is 11.7. The molecular formula is C69H106O6. The van der Waals surface area contributed by atoms with E-state index in [9.17, 15) is 14.4 Å². The summed E-state index contributed by atoms with van der Waals surface area (Å²) in [4.78, 5) is 38.2. The Balaban J connectivity index is 4.48. The molecule has 0 amide bonds. The first-order valence-electron chi connectivity index (χ1n) is 29.6. The van der Waals surface area contributed by atoms with E-state index in [0.29, 0.717) is 19.3 Å². The number of rotatable bonds is 51. The molecule has 6 nitrogen and oxygen atoms in total. The molecule has 0 fully saturated rings. The van der Waals surface area contributed by atoms with Crippen molar-refractivity contribution < 1.29 is 28.6 Å². The molecule has 0 aromatic rings. The Hall–Kier alpha value is -5.23. The van der Waals surface area contributed by atoms with Gasteiger partial charge in [0.25, 0.3) is 0 Å². The molecule has 0 aliphatic heterocycles. The highest BCUT2D eigenvalue weighted by molar-refractivity contribution is 5.71. The van der Waals surface area contributed by atoms with Crippen LogP contribution in [0.25, 0.3) is 0 Å². The average molecular weight is 1030 g/mol. The second-order valence-electron chi connectivity index (χ2n) is 18.8. The lowest BCUT2D eigenvalue weighted by Gasteiger charge is -2.18. The highest BCUT2D eigenvalue weighted by Gasteiger charge is 2.19. The van der Waals surface area contributed by atoms with E-state index in [-0.39, 0.29) is 37.5 Å². The Morgan fingerprint density at radius 2 is 0.480 bits per heavy atom. The molecule has 418 valence electrons. The van der Waals surface area contributed by atoms with Gasteiger partial charge in [-0.1, -0.05) is 229 Å². The Morgan fingerprint density at radius 1 is 0.267 bits per heavy atom. The average Bonchev–Trinajstić information content (AvgIpc) is 3.41. The van der Waals surface area contributed by atoms with Crippen LogP contribution in [0, 0.1) is 0 Å². The summed E-state index contributed by atoms with van der Waals surface area (Å²) in [6.45, 7) is 6.21. The van der Waals surface area contributed by atoms with E-state index in [2.05, 4.69) is 191 Å². The maximum Gasteiger partial charge on any atom is 0.306 e. The summed E-state index contributed by atoms with van der Waals surface area (Å²) in [6, 6.07) is 0. The van der Waals surface area contributed by atoms with Crippen molar-refractivity contribution in [2.75, 3.05) is 13.2 Å². The van der Waals surface area contributed by atoms with Gasteiger partial charge in [-0.05, 0) is 148 Å². The number of carbonyl (C=O) groups excluding carboxylic acids is 3. The lowest BCUT2D eigenvalue weighted by Crippen LogP contribution is -2.30. The topological polar surface area (TPSA) is 78.9 Å². The third kappa shape index (κ3) is 59.5. The van der Waals surface area contributed by atoms with E-state index in [1.54, 1.807) is 0 Å². The molecule has 0 saturated heterocycles. The maximum absolute atomic E-state index is 12.8. The molecular weight excluding hydrogens is 925 g/mol. The Morgan fingerprint density at radius 3 is 0.773 bits per heavy atom. The van der Waals surface area contributed by atoms with Crippen LogP contribution < -0.4 is 0 Å². The van der Waals surface area contributed by atoms with Crippen molar-refractivity contribution in [3.05, 3.63) is 170 Å². The molecule has 75 heavy (non-hydrogen) atoms. The first-order valence-corrected chi connectivity index (χ1v) is 29.6. The minimum Gasteiger partial charge on any atom is -0.462 e. The van der Waals surface area contributed by atoms with Gasteiger partial charge in [-0.2, -0.15) is 0 Å². The van der Waals surface area contributed by atoms with Gasteiger partial charge in [0.15, 0.2) is 6.10 Å². The summed E-state index contributed by atoms with van der Waals surface area (Å²) in [5, 5.41) is 0. The molecule has 0 spiro atoms. The van der Waals surface area contributed by atoms with Crippen LogP contribution in [0.2, 0.25) is 0 Å². The molecule has 0 aliphatic carbocycles. The molecule has 0 heterocycles. The second-order valence-corrected chi connectivity index (χ2v) is 18.8. The molecule has 1 atom stereocenters. The standard InChI is InChI=1S/C69H106O6/c1-4-7-10-13-16-19-22-25-28-29-30-31-32-33-34-35-36-37-38-39-42-44-47-50-53-56-59-62-68(71)74-65-66(75-69(72)63-60-57-54-51-48-45-41-27-24-21-18-15-12-9-6-3)64-73-67(70)61-58-55-52-49-46-43-40-26-23-20-17-14-11-8-5-2/h7-12,16-21,25-28,30-31,33-34,36-37,39-42,48,51,66H,4-6,13-15,22-24,29,32,35,38,43-47,49-50,52-65H2,1-3H3/b10-7-,11-8-,12-9-,19-16-,20-17-,21-18-,28-25-,31-30-,34-33-,37-36-,40-26-,41-27-,42-39-,51-48-. The van der Waals surface area contributed by atoms with E-state index < -0.39 is 6.10 Å². The van der Waals surface area contributed by atoms with Gasteiger partial charge in [-0.3, -0.25) is 14.4 Å². The quantitative estimate of drug-likeness (QED) is 0.0261. The fourth-order valence-electron chi connectivity index (χ4n) is 7.37. The summed E-state index contributed by atoms with van der Waals surface area (Å²) in [5.41, 5.74) is 0. The molecule has 0 aromatic carbocycles.